The van der Waals surface area contributed by atoms with Crippen LogP contribution in [0.2, 0.25) is 0 Å². The number of nitrogens with two attached hydrogens (primary N) is 1. The third-order valence-corrected chi connectivity index (χ3v) is 3.95. The number of hydrogen-bond donors (Lipinski definition) is 3. The molecule has 1 rings (SSSR count). The number of aryl methyl sites for hydroxylation is 1. The molecule has 1 aromatic rings. The Bertz CT molecular complexity index is 500. The molecule has 0 fully saturated rings. The maximum atomic E-state index is 12.4. The Hall–Kier alpha value is -1.88. The van der Waals surface area contributed by atoms with Gasteiger partial charge in [-0.15, -0.1) is 0 Å². The monoisotopic (exact) mass is 278 g/mol. The van der Waals surface area contributed by atoms with Crippen molar-refractivity contribution in [3.8, 4) is 0 Å². The standard InChI is InChI=1S/C15H22N2O3/c1-4-15(5-2,9-16)14(20)17-12-7-6-11(13(18)19)8-10(12)3/h6-8H,4-5,9,16H2,1-3H3,(H,17,20)(H,18,19). The summed E-state index contributed by atoms with van der Waals surface area (Å²) in [6, 6.07) is 4.64. The SMILES string of the molecule is CCC(CC)(CN)C(=O)Nc1ccc(C(=O)O)cc1C. The van der Waals surface area contributed by atoms with Crippen LogP contribution in [0.1, 0.15) is 42.6 Å². The summed E-state index contributed by atoms with van der Waals surface area (Å²) in [6.45, 7) is 5.94. The molecule has 0 spiro atoms. The number of carboxylic acid groups (broad SMARTS) is 1. The Morgan fingerprint density at radius 2 is 1.90 bits per heavy atom. The predicted molar refractivity (Wildman–Crippen MR) is 78.8 cm³/mol. The Kier molecular flexibility index (Phi) is 5.27. The molecule has 0 aliphatic rings. The number of amides is 1. The maximum Gasteiger partial charge on any atom is 0.335 e. The van der Waals surface area contributed by atoms with Crippen LogP contribution in [0.25, 0.3) is 0 Å². The van der Waals surface area contributed by atoms with Crippen LogP contribution in [0.4, 0.5) is 5.69 Å². The zero-order valence-electron chi connectivity index (χ0n) is 12.2. The Labute approximate surface area is 119 Å². The Morgan fingerprint density at radius 1 is 1.30 bits per heavy atom. The van der Waals surface area contributed by atoms with E-state index in [9.17, 15) is 9.59 Å². The predicted octanol–water partition coefficient (Wildman–Crippen LogP) is 2.40. The van der Waals surface area contributed by atoms with E-state index < -0.39 is 11.4 Å². The second kappa shape index (κ2) is 6.52. The lowest BCUT2D eigenvalue weighted by Crippen LogP contribution is -2.41. The molecule has 1 amide bonds. The van der Waals surface area contributed by atoms with Gasteiger partial charge in [-0.1, -0.05) is 13.8 Å². The molecule has 0 aliphatic carbocycles. The first-order valence-electron chi connectivity index (χ1n) is 6.75. The molecule has 0 atom stereocenters. The molecule has 20 heavy (non-hydrogen) atoms. The molecular weight excluding hydrogens is 256 g/mol. The highest BCUT2D eigenvalue weighted by molar-refractivity contribution is 5.97. The molecule has 0 aliphatic heterocycles. The van der Waals surface area contributed by atoms with Crippen molar-refractivity contribution in [2.45, 2.75) is 33.6 Å². The molecule has 0 bridgehead atoms. The van der Waals surface area contributed by atoms with E-state index in [2.05, 4.69) is 5.32 Å². The number of anilines is 1. The van der Waals surface area contributed by atoms with Crippen LogP contribution in [0, 0.1) is 12.3 Å². The van der Waals surface area contributed by atoms with Gasteiger partial charge in [0, 0.05) is 12.2 Å². The van der Waals surface area contributed by atoms with E-state index in [0.29, 0.717) is 18.5 Å². The first-order valence-corrected chi connectivity index (χ1v) is 6.75. The number of nitrogens with one attached hydrogen (secondary N) is 1. The first kappa shape index (κ1) is 16.2. The summed E-state index contributed by atoms with van der Waals surface area (Å²) in [4.78, 5) is 23.3. The van der Waals surface area contributed by atoms with Gasteiger partial charge in [-0.05, 0) is 43.5 Å². The van der Waals surface area contributed by atoms with Crippen molar-refractivity contribution >= 4 is 17.6 Å². The van der Waals surface area contributed by atoms with E-state index in [4.69, 9.17) is 10.8 Å². The van der Waals surface area contributed by atoms with Gasteiger partial charge >= 0.3 is 5.97 Å². The zero-order valence-corrected chi connectivity index (χ0v) is 12.2. The van der Waals surface area contributed by atoms with Crippen LogP contribution >= 0.6 is 0 Å². The number of carbonyl (C=O) groups is 2. The quantitative estimate of drug-likeness (QED) is 0.745. The molecule has 0 radical (unpaired) electrons. The molecule has 5 nitrogen and oxygen atoms in total. The number of carboxylic acids is 1. The van der Waals surface area contributed by atoms with Gasteiger partial charge in [0.15, 0.2) is 0 Å². The number of benzene rings is 1. The molecule has 5 heteroatoms. The van der Waals surface area contributed by atoms with E-state index >= 15 is 0 Å². The molecule has 0 heterocycles. The summed E-state index contributed by atoms with van der Waals surface area (Å²) in [5.74, 6) is -1.10. The van der Waals surface area contributed by atoms with Gasteiger partial charge in [0.05, 0.1) is 11.0 Å². The summed E-state index contributed by atoms with van der Waals surface area (Å²) in [6.07, 6.45) is 1.33. The minimum Gasteiger partial charge on any atom is -0.478 e. The van der Waals surface area contributed by atoms with Crippen molar-refractivity contribution in [2.75, 3.05) is 11.9 Å². The van der Waals surface area contributed by atoms with Crippen molar-refractivity contribution in [1.29, 1.82) is 0 Å². The third kappa shape index (κ3) is 3.17. The molecule has 0 saturated carbocycles. The highest BCUT2D eigenvalue weighted by atomic mass is 16.4. The van der Waals surface area contributed by atoms with Gasteiger partial charge in [0.2, 0.25) is 5.91 Å². The van der Waals surface area contributed by atoms with Crippen molar-refractivity contribution in [1.82, 2.24) is 0 Å². The topological polar surface area (TPSA) is 92.4 Å². The number of aromatic carboxylic acids is 1. The number of hydrogen-bond acceptors (Lipinski definition) is 3. The molecule has 0 saturated heterocycles. The fourth-order valence-corrected chi connectivity index (χ4v) is 2.14. The summed E-state index contributed by atoms with van der Waals surface area (Å²) in [7, 11) is 0. The minimum atomic E-state index is -0.982. The van der Waals surface area contributed by atoms with Gasteiger partial charge in [-0.2, -0.15) is 0 Å². The molecule has 0 aromatic heterocycles. The normalized spacial score (nSPS) is 11.2. The highest BCUT2D eigenvalue weighted by Gasteiger charge is 2.33. The lowest BCUT2D eigenvalue weighted by Gasteiger charge is -2.28. The minimum absolute atomic E-state index is 0.115. The summed E-state index contributed by atoms with van der Waals surface area (Å²) < 4.78 is 0. The molecule has 110 valence electrons. The van der Waals surface area contributed by atoms with Crippen molar-refractivity contribution in [3.05, 3.63) is 29.3 Å². The van der Waals surface area contributed by atoms with Crippen LogP contribution in [0.5, 0.6) is 0 Å². The molecule has 0 unspecified atom stereocenters. The Balaban J connectivity index is 2.99. The van der Waals surface area contributed by atoms with Crippen molar-refractivity contribution in [2.24, 2.45) is 11.1 Å². The van der Waals surface area contributed by atoms with Crippen molar-refractivity contribution in [3.63, 3.8) is 0 Å². The summed E-state index contributed by atoms with van der Waals surface area (Å²) in [5.41, 5.74) is 6.72. The van der Waals surface area contributed by atoms with Crippen LogP contribution in [-0.2, 0) is 4.79 Å². The highest BCUT2D eigenvalue weighted by Crippen LogP contribution is 2.28. The number of rotatable bonds is 6. The average molecular weight is 278 g/mol. The first-order chi connectivity index (χ1) is 9.40. The van der Waals surface area contributed by atoms with Crippen LogP contribution in [0.3, 0.4) is 0 Å². The van der Waals surface area contributed by atoms with Gasteiger partial charge in [-0.3, -0.25) is 4.79 Å². The van der Waals surface area contributed by atoms with E-state index in [-0.39, 0.29) is 18.0 Å². The van der Waals surface area contributed by atoms with Crippen LogP contribution in [-0.4, -0.2) is 23.5 Å². The smallest absolute Gasteiger partial charge is 0.335 e. The fourth-order valence-electron chi connectivity index (χ4n) is 2.14. The van der Waals surface area contributed by atoms with Gasteiger partial charge in [0.25, 0.3) is 0 Å². The third-order valence-electron chi connectivity index (χ3n) is 3.95. The molecule has 1 aromatic carbocycles. The van der Waals surface area contributed by atoms with Crippen LogP contribution in [0.15, 0.2) is 18.2 Å². The van der Waals surface area contributed by atoms with Crippen molar-refractivity contribution < 1.29 is 14.7 Å². The molecular formula is C15H22N2O3. The zero-order chi connectivity index (χ0) is 15.3. The summed E-state index contributed by atoms with van der Waals surface area (Å²) in [5, 5.41) is 11.8. The van der Waals surface area contributed by atoms with Crippen LogP contribution < -0.4 is 11.1 Å². The second-order valence-corrected chi connectivity index (χ2v) is 4.98. The maximum absolute atomic E-state index is 12.4. The number of carbonyl (C=O) groups excluding carboxylic acids is 1. The second-order valence-electron chi connectivity index (χ2n) is 4.98. The fraction of sp³-hybridized carbons (Fsp3) is 0.467. The van der Waals surface area contributed by atoms with E-state index in [1.165, 1.54) is 6.07 Å². The van der Waals surface area contributed by atoms with Gasteiger partial charge in [-0.25, -0.2) is 4.79 Å². The lowest BCUT2D eigenvalue weighted by molar-refractivity contribution is -0.125. The average Bonchev–Trinajstić information content (AvgIpc) is 2.43. The van der Waals surface area contributed by atoms with E-state index in [0.717, 1.165) is 5.56 Å². The van der Waals surface area contributed by atoms with E-state index in [1.54, 1.807) is 19.1 Å². The largest absolute Gasteiger partial charge is 0.478 e. The summed E-state index contributed by atoms with van der Waals surface area (Å²) >= 11 is 0. The van der Waals surface area contributed by atoms with Gasteiger partial charge < -0.3 is 16.2 Å². The molecule has 4 N–H and O–H groups in total. The lowest BCUT2D eigenvalue weighted by atomic mass is 9.81. The van der Waals surface area contributed by atoms with E-state index in [1.807, 2.05) is 13.8 Å². The Morgan fingerprint density at radius 3 is 2.30 bits per heavy atom. The van der Waals surface area contributed by atoms with Gasteiger partial charge in [0.1, 0.15) is 0 Å².